The third-order valence-corrected chi connectivity index (χ3v) is 6.82. The number of fused-ring (bicyclic) bond motifs is 3. The van der Waals surface area contributed by atoms with Gasteiger partial charge in [-0.3, -0.25) is 4.79 Å². The van der Waals surface area contributed by atoms with Crippen LogP contribution in [0.1, 0.15) is 49.7 Å². The van der Waals surface area contributed by atoms with Gasteiger partial charge in [-0.05, 0) is 47.9 Å². The zero-order chi connectivity index (χ0) is 24.1. The molecule has 3 N–H and O–H groups in total. The second-order valence-electron chi connectivity index (χ2n) is 8.97. The van der Waals surface area contributed by atoms with Crippen LogP contribution < -0.4 is 10.6 Å². The Hall–Kier alpha value is -3.61. The van der Waals surface area contributed by atoms with Crippen molar-refractivity contribution in [1.82, 2.24) is 10.6 Å². The fraction of sp³-hybridized carbons (Fsp3) is 0.370. The second-order valence-corrected chi connectivity index (χ2v) is 8.97. The molecule has 0 saturated heterocycles. The van der Waals surface area contributed by atoms with E-state index in [4.69, 9.17) is 9.84 Å². The number of ether oxygens (including phenoxy) is 1. The van der Waals surface area contributed by atoms with Crippen molar-refractivity contribution >= 4 is 18.0 Å². The van der Waals surface area contributed by atoms with Gasteiger partial charge in [-0.2, -0.15) is 0 Å². The molecule has 4 rings (SSSR count). The molecule has 34 heavy (non-hydrogen) atoms. The van der Waals surface area contributed by atoms with Crippen molar-refractivity contribution in [3.8, 4) is 11.1 Å². The molecule has 1 atom stereocenters. The lowest BCUT2D eigenvalue weighted by molar-refractivity contribution is -0.132. The number of aliphatic carboxylic acids is 1. The average Bonchev–Trinajstić information content (AvgIpc) is 3.10. The zero-order valence-corrected chi connectivity index (χ0v) is 19.3. The van der Waals surface area contributed by atoms with Crippen LogP contribution in [-0.2, 0) is 14.3 Å². The van der Waals surface area contributed by atoms with Crippen molar-refractivity contribution in [2.45, 2.75) is 44.6 Å². The largest absolute Gasteiger partial charge is 0.478 e. The van der Waals surface area contributed by atoms with E-state index in [2.05, 4.69) is 34.9 Å². The van der Waals surface area contributed by atoms with Crippen LogP contribution in [0.3, 0.4) is 0 Å². The Morgan fingerprint density at radius 2 is 1.68 bits per heavy atom. The van der Waals surface area contributed by atoms with Gasteiger partial charge in [0.25, 0.3) is 0 Å². The number of hydrogen-bond acceptors (Lipinski definition) is 4. The smallest absolute Gasteiger partial charge is 0.407 e. The van der Waals surface area contributed by atoms with Crippen molar-refractivity contribution < 1.29 is 24.2 Å². The lowest BCUT2D eigenvalue weighted by atomic mass is 9.78. The molecular formula is C27H30N2O5. The van der Waals surface area contributed by atoms with E-state index in [1.807, 2.05) is 24.3 Å². The Morgan fingerprint density at radius 1 is 1.06 bits per heavy atom. The molecule has 0 spiro atoms. The summed E-state index contributed by atoms with van der Waals surface area (Å²) in [6, 6.07) is 16.0. The minimum atomic E-state index is -1.02. The molecule has 2 amide bonds. The highest BCUT2D eigenvalue weighted by Crippen LogP contribution is 2.44. The molecule has 1 saturated carbocycles. The van der Waals surface area contributed by atoms with Crippen LogP contribution in [0.15, 0.2) is 60.2 Å². The summed E-state index contributed by atoms with van der Waals surface area (Å²) >= 11 is 0. The fourth-order valence-corrected chi connectivity index (χ4v) is 4.65. The number of carbonyl (C=O) groups is 3. The van der Waals surface area contributed by atoms with E-state index in [1.165, 1.54) is 24.1 Å². The highest BCUT2D eigenvalue weighted by molar-refractivity contribution is 5.86. The molecule has 0 bridgehead atoms. The Labute approximate surface area is 199 Å². The molecule has 2 aliphatic rings. The summed E-state index contributed by atoms with van der Waals surface area (Å²) in [5, 5.41) is 14.5. The maximum Gasteiger partial charge on any atom is 0.407 e. The number of rotatable bonds is 9. The quantitative estimate of drug-likeness (QED) is 0.484. The van der Waals surface area contributed by atoms with Gasteiger partial charge in [-0.25, -0.2) is 9.59 Å². The predicted octanol–water partition coefficient (Wildman–Crippen LogP) is 4.23. The highest BCUT2D eigenvalue weighted by atomic mass is 16.5. The van der Waals surface area contributed by atoms with Crippen LogP contribution in [0.2, 0.25) is 0 Å². The minimum Gasteiger partial charge on any atom is -0.478 e. The van der Waals surface area contributed by atoms with Crippen LogP contribution >= 0.6 is 0 Å². The number of nitrogens with one attached hydrogen (secondary N) is 2. The Bertz CT molecular complexity index is 1060. The molecule has 0 aliphatic heterocycles. The van der Waals surface area contributed by atoms with Gasteiger partial charge >= 0.3 is 12.1 Å². The van der Waals surface area contributed by atoms with Gasteiger partial charge in [0.05, 0.1) is 0 Å². The average molecular weight is 463 g/mol. The van der Waals surface area contributed by atoms with Crippen LogP contribution in [-0.4, -0.2) is 42.3 Å². The number of carboxylic acids is 1. The molecule has 0 heterocycles. The second kappa shape index (κ2) is 10.5. The van der Waals surface area contributed by atoms with E-state index in [9.17, 15) is 14.4 Å². The molecule has 0 radical (unpaired) electrons. The minimum absolute atomic E-state index is 0.0205. The van der Waals surface area contributed by atoms with Crippen LogP contribution in [0.5, 0.6) is 0 Å². The summed E-state index contributed by atoms with van der Waals surface area (Å²) in [4.78, 5) is 36.0. The molecule has 1 unspecified atom stereocenters. The van der Waals surface area contributed by atoms with Crippen molar-refractivity contribution in [3.05, 3.63) is 71.3 Å². The summed E-state index contributed by atoms with van der Waals surface area (Å²) in [7, 11) is 0. The first kappa shape index (κ1) is 23.5. The maximum atomic E-state index is 12.7. The topological polar surface area (TPSA) is 105 Å². The summed E-state index contributed by atoms with van der Waals surface area (Å²) in [6.45, 7) is 1.84. The standard InChI is InChI=1S/C27H30N2O5/c1-17(26(31)32)13-14-28-25(30)15-24(18-7-6-8-18)29-27(33)34-16-23-21-11-4-2-9-19(21)20-10-3-5-12-22(20)23/h2-5,9-13,18,23-24H,6-8,14-16H2,1H3,(H,28,30)(H,29,33)(H,31,32)/b17-13+. The summed E-state index contributed by atoms with van der Waals surface area (Å²) in [5.41, 5.74) is 4.81. The van der Waals surface area contributed by atoms with Gasteiger partial charge in [0.1, 0.15) is 6.61 Å². The monoisotopic (exact) mass is 462 g/mol. The maximum absolute atomic E-state index is 12.7. The number of alkyl carbamates (subject to hydrolysis) is 1. The Balaban J connectivity index is 1.34. The lowest BCUT2D eigenvalue weighted by Gasteiger charge is -2.33. The normalized spacial score (nSPS) is 16.1. The SMILES string of the molecule is C/C(=C\CNC(=O)CC(NC(=O)OCC1c2ccccc2-c2ccccc21)C1CCC1)C(=O)O. The summed E-state index contributed by atoms with van der Waals surface area (Å²) in [5.74, 6) is -1.03. The van der Waals surface area contributed by atoms with E-state index in [1.54, 1.807) is 0 Å². The van der Waals surface area contributed by atoms with Crippen molar-refractivity contribution in [2.75, 3.05) is 13.2 Å². The highest BCUT2D eigenvalue weighted by Gasteiger charge is 2.32. The van der Waals surface area contributed by atoms with Gasteiger partial charge in [0.2, 0.25) is 5.91 Å². The van der Waals surface area contributed by atoms with Crippen LogP contribution in [0.25, 0.3) is 11.1 Å². The van der Waals surface area contributed by atoms with Gasteiger partial charge in [-0.15, -0.1) is 0 Å². The molecule has 2 aromatic carbocycles. The van der Waals surface area contributed by atoms with Gasteiger partial charge in [-0.1, -0.05) is 61.0 Å². The van der Waals surface area contributed by atoms with Crippen molar-refractivity contribution in [2.24, 2.45) is 5.92 Å². The van der Waals surface area contributed by atoms with E-state index in [0.29, 0.717) is 0 Å². The van der Waals surface area contributed by atoms with Crippen molar-refractivity contribution in [1.29, 1.82) is 0 Å². The van der Waals surface area contributed by atoms with E-state index < -0.39 is 12.1 Å². The number of hydrogen-bond donors (Lipinski definition) is 3. The number of amides is 2. The summed E-state index contributed by atoms with van der Waals surface area (Å²) < 4.78 is 5.65. The molecule has 2 aromatic rings. The zero-order valence-electron chi connectivity index (χ0n) is 19.3. The van der Waals surface area contributed by atoms with Crippen molar-refractivity contribution in [3.63, 3.8) is 0 Å². The third-order valence-electron chi connectivity index (χ3n) is 6.82. The van der Waals surface area contributed by atoms with E-state index in [-0.39, 0.29) is 48.9 Å². The molecule has 178 valence electrons. The van der Waals surface area contributed by atoms with Crippen LogP contribution in [0.4, 0.5) is 4.79 Å². The van der Waals surface area contributed by atoms with Gasteiger partial charge in [0, 0.05) is 30.5 Å². The lowest BCUT2D eigenvalue weighted by Crippen LogP contribution is -2.46. The first-order valence-electron chi connectivity index (χ1n) is 11.7. The molecule has 2 aliphatic carbocycles. The molecule has 0 aromatic heterocycles. The number of benzene rings is 2. The van der Waals surface area contributed by atoms with Crippen LogP contribution in [0, 0.1) is 5.92 Å². The van der Waals surface area contributed by atoms with Gasteiger partial charge < -0.3 is 20.5 Å². The Kier molecular flexibility index (Phi) is 7.30. The number of carbonyl (C=O) groups excluding carboxylic acids is 2. The molecular weight excluding hydrogens is 432 g/mol. The number of carboxylic acid groups (broad SMARTS) is 1. The fourth-order valence-electron chi connectivity index (χ4n) is 4.65. The molecule has 7 heteroatoms. The Morgan fingerprint density at radius 3 is 2.24 bits per heavy atom. The summed E-state index contributed by atoms with van der Waals surface area (Å²) in [6.07, 6.45) is 4.06. The van der Waals surface area contributed by atoms with E-state index >= 15 is 0 Å². The van der Waals surface area contributed by atoms with E-state index in [0.717, 1.165) is 30.4 Å². The third kappa shape index (κ3) is 5.30. The first-order chi connectivity index (χ1) is 16.4. The first-order valence-corrected chi connectivity index (χ1v) is 11.7. The predicted molar refractivity (Wildman–Crippen MR) is 128 cm³/mol. The van der Waals surface area contributed by atoms with Gasteiger partial charge in [0.15, 0.2) is 0 Å². The molecule has 7 nitrogen and oxygen atoms in total. The molecule has 1 fully saturated rings.